The summed E-state index contributed by atoms with van der Waals surface area (Å²) in [4.78, 5) is 6.62. The Morgan fingerprint density at radius 1 is 1.21 bits per heavy atom. The van der Waals surface area contributed by atoms with Crippen molar-refractivity contribution in [3.05, 3.63) is 59.9 Å². The summed E-state index contributed by atoms with van der Waals surface area (Å²) in [5.41, 5.74) is 3.22. The molecule has 0 bridgehead atoms. The van der Waals surface area contributed by atoms with Gasteiger partial charge in [-0.05, 0) is 32.0 Å². The zero-order valence-corrected chi connectivity index (χ0v) is 16.6. The maximum atomic E-state index is 11.5. The first-order valence-corrected chi connectivity index (χ1v) is 10.6. The van der Waals surface area contributed by atoms with Crippen LogP contribution in [0.5, 0.6) is 0 Å². The van der Waals surface area contributed by atoms with Crippen LogP contribution in [0.25, 0.3) is 5.82 Å². The van der Waals surface area contributed by atoms with Crippen molar-refractivity contribution >= 4 is 33.0 Å². The van der Waals surface area contributed by atoms with Crippen molar-refractivity contribution in [2.24, 2.45) is 0 Å². The van der Waals surface area contributed by atoms with Crippen LogP contribution in [-0.4, -0.2) is 34.4 Å². The first-order chi connectivity index (χ1) is 13.3. The number of imidazole rings is 1. The van der Waals surface area contributed by atoms with Gasteiger partial charge in [0.1, 0.15) is 11.6 Å². The fraction of sp³-hybridized carbons (Fsp3) is 0.222. The van der Waals surface area contributed by atoms with Crippen molar-refractivity contribution in [3.63, 3.8) is 0 Å². The van der Waals surface area contributed by atoms with E-state index in [0.717, 1.165) is 35.0 Å². The van der Waals surface area contributed by atoms with E-state index in [1.54, 1.807) is 12.1 Å². The van der Waals surface area contributed by atoms with E-state index in [9.17, 15) is 8.42 Å². The Morgan fingerprint density at radius 2 is 2.04 bits per heavy atom. The summed E-state index contributed by atoms with van der Waals surface area (Å²) in [6.07, 6.45) is 5.05. The highest BCUT2D eigenvalue weighted by Gasteiger charge is 2.21. The highest BCUT2D eigenvalue weighted by Crippen LogP contribution is 2.28. The third-order valence-corrected chi connectivity index (χ3v) is 4.80. The minimum atomic E-state index is -3.34. The van der Waals surface area contributed by atoms with Crippen molar-refractivity contribution < 1.29 is 8.42 Å². The van der Waals surface area contributed by atoms with Gasteiger partial charge in [0.15, 0.2) is 5.82 Å². The minimum absolute atomic E-state index is 0.510. The minimum Gasteiger partial charge on any atom is -0.337 e. The Balaban J connectivity index is 1.70. The molecule has 0 fully saturated rings. The number of sulfonamides is 1. The maximum Gasteiger partial charge on any atom is 0.229 e. The summed E-state index contributed by atoms with van der Waals surface area (Å²) in [5, 5.41) is 10.5. The number of benzene rings is 1. The van der Waals surface area contributed by atoms with Crippen LogP contribution in [0.15, 0.2) is 42.7 Å². The maximum absolute atomic E-state index is 11.5. The quantitative estimate of drug-likeness (QED) is 0.608. The topological polar surface area (TPSA) is 108 Å². The van der Waals surface area contributed by atoms with Crippen LogP contribution in [0.2, 0.25) is 0 Å². The number of nitrogens with zero attached hydrogens (tertiary/aromatic N) is 4. The lowest BCUT2D eigenvalue weighted by Gasteiger charge is -2.28. The van der Waals surface area contributed by atoms with Gasteiger partial charge in [-0.25, -0.2) is 13.4 Å². The van der Waals surface area contributed by atoms with Crippen LogP contribution in [-0.2, 0) is 16.6 Å². The second-order valence-electron chi connectivity index (χ2n) is 6.80. The molecule has 3 heterocycles. The van der Waals surface area contributed by atoms with Gasteiger partial charge in [0.25, 0.3) is 0 Å². The fourth-order valence-electron chi connectivity index (χ4n) is 3.11. The Kier molecular flexibility index (Phi) is 4.34. The summed E-state index contributed by atoms with van der Waals surface area (Å²) in [6.45, 7) is 4.44. The van der Waals surface area contributed by atoms with Crippen molar-refractivity contribution in [1.29, 1.82) is 0 Å². The summed E-state index contributed by atoms with van der Waals surface area (Å²) in [5.74, 6) is 2.38. The van der Waals surface area contributed by atoms with E-state index >= 15 is 0 Å². The molecule has 0 aliphatic carbocycles. The van der Waals surface area contributed by atoms with Gasteiger partial charge >= 0.3 is 0 Å². The van der Waals surface area contributed by atoms with Gasteiger partial charge in [0.2, 0.25) is 10.0 Å². The Labute approximate surface area is 163 Å². The van der Waals surface area contributed by atoms with Gasteiger partial charge in [-0.2, -0.15) is 5.10 Å². The number of hydrogen-bond acceptors (Lipinski definition) is 6. The standard InChI is InChI=1S/C18H21N7O2S/c1-12-7-16(22-21-12)20-18-11-24(10-17-19-13(2)9-25(17)18)15-6-4-5-14(8-15)23-28(3,26)27/h4-9,11,23H,10H2,1-3H3,(H2,20,21,22). The highest BCUT2D eigenvalue weighted by molar-refractivity contribution is 7.92. The Hall–Kier alpha value is -3.27. The van der Waals surface area contributed by atoms with Crippen LogP contribution in [0.4, 0.5) is 17.2 Å². The van der Waals surface area contributed by atoms with Crippen molar-refractivity contribution in [1.82, 2.24) is 19.7 Å². The number of aromatic amines is 1. The number of rotatable bonds is 5. The summed E-state index contributed by atoms with van der Waals surface area (Å²) >= 11 is 0. The molecular formula is C18H21N7O2S. The van der Waals surface area contributed by atoms with Gasteiger partial charge in [-0.15, -0.1) is 0 Å². The molecule has 0 amide bonds. The monoisotopic (exact) mass is 399 g/mol. The molecule has 3 N–H and O–H groups in total. The predicted molar refractivity (Wildman–Crippen MR) is 109 cm³/mol. The van der Waals surface area contributed by atoms with Gasteiger partial charge in [-0.3, -0.25) is 14.4 Å². The summed E-state index contributed by atoms with van der Waals surface area (Å²) < 4.78 is 27.6. The second kappa shape index (κ2) is 6.71. The van der Waals surface area contributed by atoms with Crippen LogP contribution < -0.4 is 14.9 Å². The average molecular weight is 399 g/mol. The number of H-pyrrole nitrogens is 1. The molecule has 1 aromatic carbocycles. The molecule has 0 radical (unpaired) electrons. The van der Waals surface area contributed by atoms with Gasteiger partial charge in [0.05, 0.1) is 24.2 Å². The lowest BCUT2D eigenvalue weighted by molar-refractivity contribution is 0.607. The SMILES string of the molecule is Cc1cn2c(n1)CN(c1cccc(NS(C)(=O)=O)c1)C=C2Nc1cc(C)[nH]n1. The van der Waals surface area contributed by atoms with E-state index in [2.05, 4.69) is 25.2 Å². The van der Waals surface area contributed by atoms with E-state index in [1.165, 1.54) is 0 Å². The molecule has 0 spiro atoms. The first kappa shape index (κ1) is 18.1. The van der Waals surface area contributed by atoms with Crippen LogP contribution in [0.1, 0.15) is 17.2 Å². The van der Waals surface area contributed by atoms with Gasteiger partial charge in [-0.1, -0.05) is 6.07 Å². The van der Waals surface area contributed by atoms with E-state index in [0.29, 0.717) is 18.1 Å². The molecular weight excluding hydrogens is 378 g/mol. The van der Waals surface area contributed by atoms with Crippen molar-refractivity contribution in [2.75, 3.05) is 21.2 Å². The number of anilines is 3. The first-order valence-electron chi connectivity index (χ1n) is 8.67. The molecule has 9 nitrogen and oxygen atoms in total. The molecule has 0 saturated heterocycles. The second-order valence-corrected chi connectivity index (χ2v) is 8.54. The van der Waals surface area contributed by atoms with E-state index in [4.69, 9.17) is 0 Å². The van der Waals surface area contributed by atoms with Crippen LogP contribution >= 0.6 is 0 Å². The van der Waals surface area contributed by atoms with Gasteiger partial charge < -0.3 is 10.2 Å². The molecule has 28 heavy (non-hydrogen) atoms. The Morgan fingerprint density at radius 3 is 2.75 bits per heavy atom. The predicted octanol–water partition coefficient (Wildman–Crippen LogP) is 2.48. The number of aryl methyl sites for hydroxylation is 2. The van der Waals surface area contributed by atoms with Crippen LogP contribution in [0.3, 0.4) is 0 Å². The van der Waals surface area contributed by atoms with Crippen LogP contribution in [0, 0.1) is 13.8 Å². The molecule has 1 aliphatic rings. The lowest BCUT2D eigenvalue weighted by Crippen LogP contribution is -2.27. The molecule has 10 heteroatoms. The summed E-state index contributed by atoms with van der Waals surface area (Å²) in [7, 11) is -3.34. The van der Waals surface area contributed by atoms with Gasteiger partial charge in [0, 0.05) is 29.8 Å². The number of aromatic nitrogens is 4. The molecule has 4 rings (SSSR count). The zero-order chi connectivity index (χ0) is 19.9. The Bertz CT molecular complexity index is 1160. The molecule has 0 unspecified atom stereocenters. The summed E-state index contributed by atoms with van der Waals surface area (Å²) in [6, 6.07) is 9.16. The number of hydrogen-bond donors (Lipinski definition) is 3. The number of nitrogens with one attached hydrogen (secondary N) is 3. The molecule has 1 aliphatic heterocycles. The molecule has 0 atom stereocenters. The smallest absolute Gasteiger partial charge is 0.229 e. The fourth-order valence-corrected chi connectivity index (χ4v) is 3.66. The van der Waals surface area contributed by atoms with E-state index in [-0.39, 0.29) is 0 Å². The van der Waals surface area contributed by atoms with E-state index in [1.807, 2.05) is 53.9 Å². The lowest BCUT2D eigenvalue weighted by atomic mass is 10.2. The average Bonchev–Trinajstić information content (AvgIpc) is 3.18. The largest absolute Gasteiger partial charge is 0.337 e. The molecule has 146 valence electrons. The normalized spacial score (nSPS) is 13.8. The highest BCUT2D eigenvalue weighted by atomic mass is 32.2. The van der Waals surface area contributed by atoms with Crippen molar-refractivity contribution in [3.8, 4) is 0 Å². The van der Waals surface area contributed by atoms with E-state index < -0.39 is 10.0 Å². The molecule has 2 aromatic heterocycles. The molecule has 0 saturated carbocycles. The third-order valence-electron chi connectivity index (χ3n) is 4.19. The third kappa shape index (κ3) is 3.86. The number of fused-ring (bicyclic) bond motifs is 1. The zero-order valence-electron chi connectivity index (χ0n) is 15.8. The molecule has 3 aromatic rings. The van der Waals surface area contributed by atoms with Crippen molar-refractivity contribution in [2.45, 2.75) is 20.4 Å².